The predicted octanol–water partition coefficient (Wildman–Crippen LogP) is 6.45. The molecule has 4 aromatic rings. The molecule has 1 amide bonds. The van der Waals surface area contributed by atoms with Gasteiger partial charge >= 0.3 is 10.3 Å². The lowest BCUT2D eigenvalue weighted by atomic mass is 9.91. The summed E-state index contributed by atoms with van der Waals surface area (Å²) in [5.41, 5.74) is 2.52. The van der Waals surface area contributed by atoms with Gasteiger partial charge in [-0.3, -0.25) is 9.35 Å². The number of benzene rings is 3. The summed E-state index contributed by atoms with van der Waals surface area (Å²) in [4.78, 5) is 20.6. The normalized spacial score (nSPS) is 17.2. The first-order valence-corrected chi connectivity index (χ1v) is 15.5. The standard InChI is InChI=1S/C30H31ClFN5O4S/c1-3-19-14-21(15-22-17-33-30(36-29(19)22)35-24-11-9-23(10-12-24)34-18(2)38)20-8-13-28(26(32)16-20)37(42(39,40)41)27-7-5-4-6-25(27)31/h4-8,13-17,23-24H,3,9-12H2,1-2H3,(H,34,38)(H,33,35,36)(H,39,40,41). The number of halogens is 2. The highest BCUT2D eigenvalue weighted by atomic mass is 35.5. The molecule has 220 valence electrons. The van der Waals surface area contributed by atoms with Crippen molar-refractivity contribution in [1.29, 1.82) is 0 Å². The molecule has 1 aromatic heterocycles. The van der Waals surface area contributed by atoms with Crippen LogP contribution in [0.25, 0.3) is 22.0 Å². The van der Waals surface area contributed by atoms with Gasteiger partial charge in [-0.1, -0.05) is 36.7 Å². The van der Waals surface area contributed by atoms with Gasteiger partial charge in [0.1, 0.15) is 5.82 Å². The van der Waals surface area contributed by atoms with Gasteiger partial charge in [-0.15, -0.1) is 0 Å². The Hall–Kier alpha value is -3.80. The van der Waals surface area contributed by atoms with E-state index in [4.69, 9.17) is 16.6 Å². The van der Waals surface area contributed by atoms with Gasteiger partial charge in [-0.2, -0.15) is 8.42 Å². The maximum atomic E-state index is 15.5. The van der Waals surface area contributed by atoms with Crippen LogP contribution in [0.1, 0.15) is 45.1 Å². The fraction of sp³-hybridized carbons (Fsp3) is 0.300. The van der Waals surface area contributed by atoms with Crippen molar-refractivity contribution in [2.24, 2.45) is 0 Å². The van der Waals surface area contributed by atoms with Crippen LogP contribution in [-0.2, 0) is 21.5 Å². The molecule has 0 bridgehead atoms. The largest absolute Gasteiger partial charge is 0.364 e. The van der Waals surface area contributed by atoms with Crippen molar-refractivity contribution in [3.05, 3.63) is 77.2 Å². The molecule has 1 saturated carbocycles. The summed E-state index contributed by atoms with van der Waals surface area (Å²) in [6, 6.07) is 14.3. The molecule has 1 aliphatic carbocycles. The summed E-state index contributed by atoms with van der Waals surface area (Å²) in [7, 11) is -4.89. The van der Waals surface area contributed by atoms with E-state index in [9.17, 15) is 17.8 Å². The van der Waals surface area contributed by atoms with E-state index in [0.717, 1.165) is 42.1 Å². The van der Waals surface area contributed by atoms with E-state index in [1.165, 1.54) is 37.3 Å². The van der Waals surface area contributed by atoms with Gasteiger partial charge in [0.15, 0.2) is 0 Å². The molecule has 0 aliphatic heterocycles. The zero-order chi connectivity index (χ0) is 30.0. The van der Waals surface area contributed by atoms with Crippen LogP contribution < -0.4 is 14.9 Å². The lowest BCUT2D eigenvalue weighted by molar-refractivity contribution is -0.119. The summed E-state index contributed by atoms with van der Waals surface area (Å²) in [6.45, 7) is 3.55. The summed E-state index contributed by atoms with van der Waals surface area (Å²) in [6.07, 6.45) is 6.00. The summed E-state index contributed by atoms with van der Waals surface area (Å²) < 4.78 is 50.4. The molecule has 0 unspecified atom stereocenters. The number of anilines is 3. The number of carbonyl (C=O) groups excluding carboxylic acids is 1. The highest BCUT2D eigenvalue weighted by Crippen LogP contribution is 2.37. The Labute approximate surface area is 249 Å². The van der Waals surface area contributed by atoms with Gasteiger partial charge in [0, 0.05) is 30.6 Å². The van der Waals surface area contributed by atoms with Gasteiger partial charge < -0.3 is 10.6 Å². The maximum Gasteiger partial charge on any atom is 0.364 e. The van der Waals surface area contributed by atoms with Crippen LogP contribution in [0.3, 0.4) is 0 Å². The SMILES string of the molecule is CCc1cc(-c2ccc(N(c3ccccc3Cl)S(=O)(=O)O)c(F)c2)cc2cnc(NC3CCC(NC(C)=O)CC3)nc12. The van der Waals surface area contributed by atoms with E-state index >= 15 is 4.39 Å². The second kappa shape index (κ2) is 12.2. The fourth-order valence-electron chi connectivity index (χ4n) is 5.42. The number of nitrogens with one attached hydrogen (secondary N) is 2. The van der Waals surface area contributed by atoms with Crippen LogP contribution >= 0.6 is 11.6 Å². The van der Waals surface area contributed by atoms with Gasteiger partial charge in [0.2, 0.25) is 11.9 Å². The van der Waals surface area contributed by atoms with Crippen molar-refractivity contribution in [1.82, 2.24) is 15.3 Å². The molecule has 1 fully saturated rings. The van der Waals surface area contributed by atoms with Crippen molar-refractivity contribution < 1.29 is 22.2 Å². The third-order valence-corrected chi connectivity index (χ3v) is 8.59. The minimum atomic E-state index is -4.89. The van der Waals surface area contributed by atoms with Gasteiger partial charge in [-0.25, -0.2) is 18.7 Å². The first-order valence-electron chi connectivity index (χ1n) is 13.7. The van der Waals surface area contributed by atoms with Crippen LogP contribution in [0.4, 0.5) is 21.7 Å². The Kier molecular flexibility index (Phi) is 8.63. The summed E-state index contributed by atoms with van der Waals surface area (Å²) in [5.74, 6) is -0.327. The van der Waals surface area contributed by atoms with Crippen molar-refractivity contribution in [3.8, 4) is 11.1 Å². The van der Waals surface area contributed by atoms with E-state index in [1.54, 1.807) is 18.3 Å². The molecule has 3 aromatic carbocycles. The molecular weight excluding hydrogens is 581 g/mol. The first kappa shape index (κ1) is 29.7. The minimum absolute atomic E-state index is 0.00778. The molecule has 1 heterocycles. The Morgan fingerprint density at radius 3 is 2.40 bits per heavy atom. The number of rotatable bonds is 8. The second-order valence-electron chi connectivity index (χ2n) is 10.4. The Morgan fingerprint density at radius 1 is 1.05 bits per heavy atom. The average Bonchev–Trinajstić information content (AvgIpc) is 2.94. The first-order chi connectivity index (χ1) is 20.0. The number of hydrogen-bond acceptors (Lipinski definition) is 6. The second-order valence-corrected chi connectivity index (χ2v) is 12.0. The number of hydrogen-bond donors (Lipinski definition) is 3. The molecule has 0 saturated heterocycles. The zero-order valence-corrected chi connectivity index (χ0v) is 24.7. The quantitative estimate of drug-likeness (QED) is 0.196. The topological polar surface area (TPSA) is 125 Å². The molecule has 42 heavy (non-hydrogen) atoms. The molecule has 9 nitrogen and oxygen atoms in total. The monoisotopic (exact) mass is 611 g/mol. The highest BCUT2D eigenvalue weighted by Gasteiger charge is 2.27. The van der Waals surface area contributed by atoms with Crippen LogP contribution in [-0.4, -0.2) is 40.9 Å². The van der Waals surface area contributed by atoms with E-state index < -0.39 is 16.1 Å². The maximum absolute atomic E-state index is 15.5. The number of carbonyl (C=O) groups is 1. The predicted molar refractivity (Wildman–Crippen MR) is 163 cm³/mol. The van der Waals surface area contributed by atoms with Gasteiger partial charge in [0.25, 0.3) is 0 Å². The zero-order valence-electron chi connectivity index (χ0n) is 23.1. The van der Waals surface area contributed by atoms with Gasteiger partial charge in [-0.05, 0) is 85.2 Å². The molecule has 0 spiro atoms. The number of nitrogens with zero attached hydrogens (tertiary/aromatic N) is 3. The number of fused-ring (bicyclic) bond motifs is 1. The minimum Gasteiger partial charge on any atom is -0.354 e. The molecule has 12 heteroatoms. The average molecular weight is 612 g/mol. The summed E-state index contributed by atoms with van der Waals surface area (Å²) >= 11 is 6.16. The molecule has 0 radical (unpaired) electrons. The molecular formula is C30H31ClFN5O4S. The van der Waals surface area contributed by atoms with Crippen LogP contribution in [0.15, 0.2) is 60.8 Å². The Balaban J connectivity index is 1.42. The summed E-state index contributed by atoms with van der Waals surface area (Å²) in [5, 5.41) is 7.23. The van der Waals surface area contributed by atoms with Crippen molar-refractivity contribution >= 4 is 56.0 Å². The van der Waals surface area contributed by atoms with Crippen molar-refractivity contribution in [3.63, 3.8) is 0 Å². The molecule has 0 atom stereocenters. The molecule has 5 rings (SSSR count). The fourth-order valence-corrected chi connectivity index (χ4v) is 6.50. The van der Waals surface area contributed by atoms with Crippen molar-refractivity contribution in [2.75, 3.05) is 9.62 Å². The van der Waals surface area contributed by atoms with Crippen molar-refractivity contribution in [2.45, 2.75) is 58.0 Å². The highest BCUT2D eigenvalue weighted by molar-refractivity contribution is 7.87. The smallest absolute Gasteiger partial charge is 0.354 e. The van der Waals surface area contributed by atoms with E-state index in [0.29, 0.717) is 27.8 Å². The van der Waals surface area contributed by atoms with E-state index in [2.05, 4.69) is 15.6 Å². The van der Waals surface area contributed by atoms with Crippen LogP contribution in [0.2, 0.25) is 5.02 Å². The van der Waals surface area contributed by atoms with Crippen LogP contribution in [0, 0.1) is 5.82 Å². The third kappa shape index (κ3) is 6.48. The number of amides is 1. The molecule has 1 aliphatic rings. The lowest BCUT2D eigenvalue weighted by Gasteiger charge is -2.29. The Morgan fingerprint density at radius 2 is 1.76 bits per heavy atom. The van der Waals surface area contributed by atoms with Crippen LogP contribution in [0.5, 0.6) is 0 Å². The number of aromatic nitrogens is 2. The third-order valence-electron chi connectivity index (χ3n) is 7.41. The van der Waals surface area contributed by atoms with Gasteiger partial charge in [0.05, 0.1) is 21.9 Å². The van der Waals surface area contributed by atoms with E-state index in [1.807, 2.05) is 19.1 Å². The number of para-hydroxylation sites is 1. The lowest BCUT2D eigenvalue weighted by Crippen LogP contribution is -2.39. The van der Waals surface area contributed by atoms with E-state index in [-0.39, 0.29) is 34.4 Å². The molecule has 3 N–H and O–H groups in total. The Bertz CT molecular complexity index is 1750. The number of aryl methyl sites for hydroxylation is 1.